The molecular formula is C16H11F3N2O6. The number of benzene rings is 2. The fourth-order valence-electron chi connectivity index (χ4n) is 1.95. The normalized spacial score (nSPS) is 10.8. The number of anilines is 1. The number of carbonyl (C=O) groups excluding carboxylic acids is 2. The van der Waals surface area contributed by atoms with Crippen molar-refractivity contribution in [3.05, 3.63) is 58.1 Å². The Morgan fingerprint density at radius 1 is 1.19 bits per heavy atom. The highest BCUT2D eigenvalue weighted by Gasteiger charge is 2.30. The third kappa shape index (κ3) is 5.99. The van der Waals surface area contributed by atoms with E-state index in [1.54, 1.807) is 0 Å². The first kappa shape index (κ1) is 19.7. The number of rotatable bonds is 7. The Hall–Kier alpha value is -3.63. The van der Waals surface area contributed by atoms with E-state index in [4.69, 9.17) is 4.74 Å². The Bertz CT molecular complexity index is 852. The summed E-state index contributed by atoms with van der Waals surface area (Å²) in [6.45, 7) is -0.528. The Labute approximate surface area is 149 Å². The topological polar surface area (TPSA) is 108 Å². The van der Waals surface area contributed by atoms with E-state index in [0.717, 1.165) is 24.3 Å². The summed E-state index contributed by atoms with van der Waals surface area (Å²) in [4.78, 5) is 32.8. The van der Waals surface area contributed by atoms with Crippen molar-refractivity contribution in [2.75, 3.05) is 11.9 Å². The molecule has 0 saturated carbocycles. The summed E-state index contributed by atoms with van der Waals surface area (Å²) in [5, 5.41) is 13.0. The molecule has 142 valence electrons. The van der Waals surface area contributed by atoms with Crippen LogP contribution in [0.5, 0.6) is 11.5 Å². The molecule has 11 heteroatoms. The number of halogens is 3. The summed E-state index contributed by atoms with van der Waals surface area (Å²) < 4.78 is 45.1. The molecule has 0 spiro atoms. The van der Waals surface area contributed by atoms with E-state index in [2.05, 4.69) is 10.1 Å². The molecule has 2 aromatic carbocycles. The standard InChI is InChI=1S/C16H11F3N2O6/c17-16(18,19)27-13-4-1-11(2-5-13)20-15(23)9-26-14-6-3-12(21(24)25)7-10(14)8-22/h1-8H,9H2,(H,20,23). The smallest absolute Gasteiger partial charge is 0.483 e. The second kappa shape index (κ2) is 8.17. The molecule has 0 fully saturated rings. The van der Waals surface area contributed by atoms with Crippen molar-refractivity contribution in [1.82, 2.24) is 0 Å². The molecule has 27 heavy (non-hydrogen) atoms. The van der Waals surface area contributed by atoms with Crippen molar-refractivity contribution in [2.45, 2.75) is 6.36 Å². The van der Waals surface area contributed by atoms with Crippen LogP contribution in [0.4, 0.5) is 24.5 Å². The molecule has 2 aromatic rings. The molecule has 0 bridgehead atoms. The molecule has 0 aliphatic rings. The third-order valence-electron chi connectivity index (χ3n) is 3.06. The molecule has 0 atom stereocenters. The molecule has 1 amide bonds. The lowest BCUT2D eigenvalue weighted by Gasteiger charge is -2.11. The summed E-state index contributed by atoms with van der Waals surface area (Å²) in [7, 11) is 0. The van der Waals surface area contributed by atoms with Gasteiger partial charge in [-0.25, -0.2) is 0 Å². The van der Waals surface area contributed by atoms with Gasteiger partial charge < -0.3 is 14.8 Å². The number of nitro groups is 1. The van der Waals surface area contributed by atoms with Gasteiger partial charge in [0.15, 0.2) is 12.9 Å². The van der Waals surface area contributed by atoms with E-state index in [-0.39, 0.29) is 22.7 Å². The van der Waals surface area contributed by atoms with Crippen molar-refractivity contribution in [2.24, 2.45) is 0 Å². The molecule has 2 rings (SSSR count). The van der Waals surface area contributed by atoms with Crippen LogP contribution in [-0.4, -0.2) is 30.1 Å². The van der Waals surface area contributed by atoms with Crippen LogP contribution in [0.25, 0.3) is 0 Å². The van der Waals surface area contributed by atoms with Crippen molar-refractivity contribution in [1.29, 1.82) is 0 Å². The van der Waals surface area contributed by atoms with Crippen LogP contribution in [0.2, 0.25) is 0 Å². The first-order chi connectivity index (χ1) is 12.7. The minimum absolute atomic E-state index is 0.0281. The van der Waals surface area contributed by atoms with Gasteiger partial charge in [-0.2, -0.15) is 0 Å². The highest BCUT2D eigenvalue weighted by atomic mass is 19.4. The number of carbonyl (C=O) groups is 2. The maximum absolute atomic E-state index is 12.1. The second-order valence-electron chi connectivity index (χ2n) is 5.01. The highest BCUT2D eigenvalue weighted by Crippen LogP contribution is 2.24. The van der Waals surface area contributed by atoms with Gasteiger partial charge in [-0.3, -0.25) is 19.7 Å². The van der Waals surface area contributed by atoms with Gasteiger partial charge >= 0.3 is 6.36 Å². The van der Waals surface area contributed by atoms with Crippen LogP contribution < -0.4 is 14.8 Å². The molecule has 0 radical (unpaired) electrons. The van der Waals surface area contributed by atoms with Gasteiger partial charge in [-0.1, -0.05) is 0 Å². The number of hydrogen-bond acceptors (Lipinski definition) is 6. The van der Waals surface area contributed by atoms with Crippen molar-refractivity contribution in [3.8, 4) is 11.5 Å². The zero-order chi connectivity index (χ0) is 20.0. The molecule has 0 saturated heterocycles. The van der Waals surface area contributed by atoms with E-state index in [0.29, 0.717) is 6.29 Å². The van der Waals surface area contributed by atoms with E-state index in [9.17, 15) is 32.9 Å². The first-order valence-electron chi connectivity index (χ1n) is 7.20. The Balaban J connectivity index is 1.94. The predicted molar refractivity (Wildman–Crippen MR) is 85.7 cm³/mol. The van der Waals surface area contributed by atoms with Gasteiger partial charge in [0.1, 0.15) is 11.5 Å². The molecule has 1 N–H and O–H groups in total. The second-order valence-corrected chi connectivity index (χ2v) is 5.01. The van der Waals surface area contributed by atoms with E-state index in [1.807, 2.05) is 0 Å². The maximum atomic E-state index is 12.1. The molecule has 0 aliphatic carbocycles. The minimum atomic E-state index is -4.82. The van der Waals surface area contributed by atoms with E-state index >= 15 is 0 Å². The maximum Gasteiger partial charge on any atom is 0.573 e. The van der Waals surface area contributed by atoms with Crippen LogP contribution in [0, 0.1) is 10.1 Å². The number of nitro benzene ring substituents is 1. The lowest BCUT2D eigenvalue weighted by atomic mass is 10.2. The summed E-state index contributed by atoms with van der Waals surface area (Å²) >= 11 is 0. The number of alkyl halides is 3. The Morgan fingerprint density at radius 2 is 1.85 bits per heavy atom. The van der Waals surface area contributed by atoms with Crippen molar-refractivity contribution >= 4 is 23.6 Å². The quantitative estimate of drug-likeness (QED) is 0.446. The summed E-state index contributed by atoms with van der Waals surface area (Å²) in [6.07, 6.45) is -4.47. The minimum Gasteiger partial charge on any atom is -0.483 e. The number of nitrogens with one attached hydrogen (secondary N) is 1. The Kier molecular flexibility index (Phi) is 5.96. The fourth-order valence-corrected chi connectivity index (χ4v) is 1.95. The number of nitrogens with zero attached hydrogens (tertiary/aromatic N) is 1. The van der Waals surface area contributed by atoms with E-state index < -0.39 is 29.5 Å². The van der Waals surface area contributed by atoms with Crippen LogP contribution >= 0.6 is 0 Å². The van der Waals surface area contributed by atoms with Gasteiger partial charge in [-0.05, 0) is 30.3 Å². The van der Waals surface area contributed by atoms with E-state index in [1.165, 1.54) is 18.2 Å². The van der Waals surface area contributed by atoms with Crippen LogP contribution in [0.1, 0.15) is 10.4 Å². The summed E-state index contributed by atoms with van der Waals surface area (Å²) in [6, 6.07) is 7.72. The van der Waals surface area contributed by atoms with Crippen molar-refractivity contribution < 1.29 is 37.2 Å². The highest BCUT2D eigenvalue weighted by molar-refractivity contribution is 5.92. The van der Waals surface area contributed by atoms with Gasteiger partial charge in [0.25, 0.3) is 11.6 Å². The van der Waals surface area contributed by atoms with Gasteiger partial charge in [0.2, 0.25) is 0 Å². The lowest BCUT2D eigenvalue weighted by Crippen LogP contribution is -2.20. The first-order valence-corrected chi connectivity index (χ1v) is 7.20. The largest absolute Gasteiger partial charge is 0.573 e. The SMILES string of the molecule is O=Cc1cc([N+](=O)[O-])ccc1OCC(=O)Nc1ccc(OC(F)(F)F)cc1. The predicted octanol–water partition coefficient (Wildman–Crippen LogP) is 3.32. The van der Waals surface area contributed by atoms with Crippen LogP contribution in [-0.2, 0) is 4.79 Å². The fraction of sp³-hybridized carbons (Fsp3) is 0.125. The number of hydrogen-bond donors (Lipinski definition) is 1. The van der Waals surface area contributed by atoms with Crippen LogP contribution in [0.15, 0.2) is 42.5 Å². The van der Waals surface area contributed by atoms with Crippen LogP contribution in [0.3, 0.4) is 0 Å². The number of amides is 1. The molecule has 0 aliphatic heterocycles. The molecule has 0 heterocycles. The summed E-state index contributed by atoms with van der Waals surface area (Å²) in [5.41, 5.74) is -0.224. The molecule has 0 aromatic heterocycles. The zero-order valence-corrected chi connectivity index (χ0v) is 13.4. The average molecular weight is 384 g/mol. The lowest BCUT2D eigenvalue weighted by molar-refractivity contribution is -0.384. The third-order valence-corrected chi connectivity index (χ3v) is 3.06. The molecular weight excluding hydrogens is 373 g/mol. The Morgan fingerprint density at radius 3 is 2.41 bits per heavy atom. The van der Waals surface area contributed by atoms with Gasteiger partial charge in [0, 0.05) is 17.8 Å². The molecule has 0 unspecified atom stereocenters. The number of non-ortho nitro benzene ring substituents is 1. The average Bonchev–Trinajstić information content (AvgIpc) is 2.60. The van der Waals surface area contributed by atoms with Crippen molar-refractivity contribution in [3.63, 3.8) is 0 Å². The zero-order valence-electron chi connectivity index (χ0n) is 13.4. The summed E-state index contributed by atoms with van der Waals surface area (Å²) in [5.74, 6) is -1.13. The van der Waals surface area contributed by atoms with Gasteiger partial charge in [0.05, 0.1) is 10.5 Å². The number of ether oxygens (including phenoxy) is 2. The van der Waals surface area contributed by atoms with Gasteiger partial charge in [-0.15, -0.1) is 13.2 Å². The number of aldehydes is 1. The molecule has 8 nitrogen and oxygen atoms in total. The monoisotopic (exact) mass is 384 g/mol.